The molecule has 0 saturated heterocycles. The summed E-state index contributed by atoms with van der Waals surface area (Å²) in [7, 11) is 0. The topological polar surface area (TPSA) is 29.1 Å². The molecule has 5 aliphatic rings. The molecule has 1 aromatic rings. The quantitative estimate of drug-likeness (QED) is 0.757. The SMILES string of the molecule is Cc1ccc2c(c1)CC(C)(C)NC2=CC(=O)C12CC3CC(CC(C3)C1)C2. The van der Waals surface area contributed by atoms with Crippen molar-refractivity contribution in [2.45, 2.75) is 71.3 Å². The zero-order chi connectivity index (χ0) is 18.1. The molecule has 2 heteroatoms. The van der Waals surface area contributed by atoms with E-state index in [1.165, 1.54) is 36.0 Å². The first-order chi connectivity index (χ1) is 12.3. The number of rotatable bonds is 2. The molecule has 2 nitrogen and oxygen atoms in total. The highest BCUT2D eigenvalue weighted by molar-refractivity contribution is 6.01. The van der Waals surface area contributed by atoms with E-state index in [2.05, 4.69) is 44.3 Å². The lowest BCUT2D eigenvalue weighted by atomic mass is 9.48. The van der Waals surface area contributed by atoms with E-state index in [-0.39, 0.29) is 11.0 Å². The summed E-state index contributed by atoms with van der Waals surface area (Å²) in [6.07, 6.45) is 10.6. The Morgan fingerprint density at radius 2 is 1.69 bits per heavy atom. The first-order valence-electron chi connectivity index (χ1n) is 10.5. The third-order valence-corrected chi connectivity index (χ3v) is 7.49. The van der Waals surface area contributed by atoms with E-state index < -0.39 is 0 Å². The number of allylic oxidation sites excluding steroid dienone is 1. The number of ketones is 1. The Bertz CT molecular complexity index is 765. The maximum Gasteiger partial charge on any atom is 0.163 e. The number of benzene rings is 1. The van der Waals surface area contributed by atoms with E-state index in [0.717, 1.165) is 49.1 Å². The molecule has 4 saturated carbocycles. The number of hydrogen-bond acceptors (Lipinski definition) is 2. The maximum absolute atomic E-state index is 13.5. The van der Waals surface area contributed by atoms with Crippen molar-refractivity contribution >= 4 is 11.5 Å². The predicted molar refractivity (Wildman–Crippen MR) is 106 cm³/mol. The minimum Gasteiger partial charge on any atom is -0.379 e. The number of nitrogens with one attached hydrogen (secondary N) is 1. The van der Waals surface area contributed by atoms with Gasteiger partial charge >= 0.3 is 0 Å². The highest BCUT2D eigenvalue weighted by atomic mass is 16.1. The molecule has 0 amide bonds. The molecule has 4 bridgehead atoms. The standard InChI is InChI=1S/C24H31NO/c1-15-4-5-20-19(6-15)14-23(2,3)25-21(20)10-22(26)24-11-16-7-17(12-24)9-18(8-16)13-24/h4-6,10,16-18,25H,7-9,11-14H2,1-3H3. The average Bonchev–Trinajstić information content (AvgIpc) is 2.51. The number of hydrogen-bond donors (Lipinski definition) is 1. The van der Waals surface area contributed by atoms with Gasteiger partial charge in [0.15, 0.2) is 5.78 Å². The van der Waals surface area contributed by atoms with Gasteiger partial charge in [0.1, 0.15) is 0 Å². The molecule has 0 radical (unpaired) electrons. The summed E-state index contributed by atoms with van der Waals surface area (Å²) >= 11 is 0. The second-order valence-corrected chi connectivity index (χ2v) is 10.5. The highest BCUT2D eigenvalue weighted by Gasteiger charge is 2.53. The molecule has 4 aliphatic carbocycles. The van der Waals surface area contributed by atoms with Gasteiger partial charge in [0, 0.05) is 28.3 Å². The third kappa shape index (κ3) is 2.64. The van der Waals surface area contributed by atoms with Crippen molar-refractivity contribution in [3.05, 3.63) is 41.0 Å². The summed E-state index contributed by atoms with van der Waals surface area (Å²) in [4.78, 5) is 13.5. The Balaban J connectivity index is 1.51. The molecule has 1 aromatic carbocycles. The molecule has 1 heterocycles. The van der Waals surface area contributed by atoms with Crippen molar-refractivity contribution in [3.63, 3.8) is 0 Å². The molecule has 1 aliphatic heterocycles. The largest absolute Gasteiger partial charge is 0.379 e. The van der Waals surface area contributed by atoms with E-state index in [1.54, 1.807) is 0 Å². The van der Waals surface area contributed by atoms with Crippen LogP contribution < -0.4 is 5.32 Å². The molecular weight excluding hydrogens is 318 g/mol. The molecule has 6 rings (SSSR count). The van der Waals surface area contributed by atoms with Gasteiger partial charge < -0.3 is 5.32 Å². The highest BCUT2D eigenvalue weighted by Crippen LogP contribution is 2.60. The van der Waals surface area contributed by atoms with Crippen LogP contribution in [-0.4, -0.2) is 11.3 Å². The van der Waals surface area contributed by atoms with E-state index >= 15 is 0 Å². The van der Waals surface area contributed by atoms with Crippen molar-refractivity contribution in [1.82, 2.24) is 5.32 Å². The van der Waals surface area contributed by atoms with Gasteiger partial charge in [-0.1, -0.05) is 23.8 Å². The predicted octanol–water partition coefficient (Wildman–Crippen LogP) is 5.05. The second-order valence-electron chi connectivity index (χ2n) is 10.5. The molecular formula is C24H31NO. The Hall–Kier alpha value is -1.57. The molecule has 1 N–H and O–H groups in total. The summed E-state index contributed by atoms with van der Waals surface area (Å²) in [6, 6.07) is 6.66. The van der Waals surface area contributed by atoms with Crippen LogP contribution in [0.3, 0.4) is 0 Å². The average molecular weight is 350 g/mol. The number of carbonyl (C=O) groups excluding carboxylic acids is 1. The van der Waals surface area contributed by atoms with Crippen molar-refractivity contribution < 1.29 is 4.79 Å². The van der Waals surface area contributed by atoms with Gasteiger partial charge in [0.2, 0.25) is 0 Å². The fraction of sp³-hybridized carbons (Fsp3) is 0.625. The maximum atomic E-state index is 13.5. The smallest absolute Gasteiger partial charge is 0.163 e. The summed E-state index contributed by atoms with van der Waals surface area (Å²) in [6.45, 7) is 6.63. The van der Waals surface area contributed by atoms with Crippen molar-refractivity contribution in [2.24, 2.45) is 23.2 Å². The monoisotopic (exact) mass is 349 g/mol. The first-order valence-corrected chi connectivity index (χ1v) is 10.5. The van der Waals surface area contributed by atoms with Gasteiger partial charge in [0.05, 0.1) is 0 Å². The molecule has 0 aromatic heterocycles. The van der Waals surface area contributed by atoms with Crippen LogP contribution in [-0.2, 0) is 11.2 Å². The van der Waals surface area contributed by atoms with Gasteiger partial charge in [-0.2, -0.15) is 0 Å². The molecule has 138 valence electrons. The lowest BCUT2D eigenvalue weighted by Crippen LogP contribution is -2.50. The van der Waals surface area contributed by atoms with Gasteiger partial charge in [-0.25, -0.2) is 0 Å². The van der Waals surface area contributed by atoms with Gasteiger partial charge in [-0.15, -0.1) is 0 Å². The summed E-state index contributed by atoms with van der Waals surface area (Å²) in [5.41, 5.74) is 4.90. The fourth-order valence-electron chi connectivity index (χ4n) is 6.89. The zero-order valence-electron chi connectivity index (χ0n) is 16.4. The van der Waals surface area contributed by atoms with Crippen LogP contribution in [0.15, 0.2) is 24.3 Å². The Morgan fingerprint density at radius 1 is 1.08 bits per heavy atom. The summed E-state index contributed by atoms with van der Waals surface area (Å²) in [5.74, 6) is 2.85. The van der Waals surface area contributed by atoms with Crippen LogP contribution >= 0.6 is 0 Å². The molecule has 0 unspecified atom stereocenters. The van der Waals surface area contributed by atoms with Crippen LogP contribution in [0, 0.1) is 30.1 Å². The molecule has 0 spiro atoms. The lowest BCUT2D eigenvalue weighted by molar-refractivity contribution is -0.138. The van der Waals surface area contributed by atoms with Crippen molar-refractivity contribution in [3.8, 4) is 0 Å². The number of carbonyl (C=O) groups is 1. The molecule has 26 heavy (non-hydrogen) atoms. The Labute approximate surface area is 157 Å². The minimum absolute atomic E-state index is 0.00558. The normalized spacial score (nSPS) is 38.1. The molecule has 4 fully saturated rings. The van der Waals surface area contributed by atoms with Crippen LogP contribution in [0.25, 0.3) is 5.70 Å². The first kappa shape index (κ1) is 16.6. The Morgan fingerprint density at radius 3 is 2.31 bits per heavy atom. The van der Waals surface area contributed by atoms with E-state index in [0.29, 0.717) is 5.78 Å². The van der Waals surface area contributed by atoms with Gasteiger partial charge in [0.25, 0.3) is 0 Å². The van der Waals surface area contributed by atoms with Crippen LogP contribution in [0.1, 0.15) is 69.1 Å². The number of aryl methyl sites for hydroxylation is 1. The van der Waals surface area contributed by atoms with Crippen LogP contribution in [0.4, 0.5) is 0 Å². The second kappa shape index (κ2) is 5.47. The van der Waals surface area contributed by atoms with Crippen molar-refractivity contribution in [1.29, 1.82) is 0 Å². The van der Waals surface area contributed by atoms with Crippen LogP contribution in [0.2, 0.25) is 0 Å². The van der Waals surface area contributed by atoms with E-state index in [4.69, 9.17) is 0 Å². The zero-order valence-corrected chi connectivity index (χ0v) is 16.4. The minimum atomic E-state index is -0.0458. The number of fused-ring (bicyclic) bond motifs is 1. The summed E-state index contributed by atoms with van der Waals surface area (Å²) in [5, 5.41) is 3.67. The summed E-state index contributed by atoms with van der Waals surface area (Å²) < 4.78 is 0. The fourth-order valence-corrected chi connectivity index (χ4v) is 6.89. The van der Waals surface area contributed by atoms with Crippen LogP contribution in [0.5, 0.6) is 0 Å². The molecule has 0 atom stereocenters. The van der Waals surface area contributed by atoms with Gasteiger partial charge in [-0.3, -0.25) is 4.79 Å². The van der Waals surface area contributed by atoms with E-state index in [9.17, 15) is 4.79 Å². The Kier molecular flexibility index (Phi) is 3.49. The van der Waals surface area contributed by atoms with Crippen molar-refractivity contribution in [2.75, 3.05) is 0 Å². The van der Waals surface area contributed by atoms with Gasteiger partial charge in [-0.05, 0) is 89.0 Å². The third-order valence-electron chi connectivity index (χ3n) is 7.49. The lowest BCUT2D eigenvalue weighted by Gasteiger charge is -2.55. The van der Waals surface area contributed by atoms with E-state index in [1.807, 2.05) is 6.08 Å².